The summed E-state index contributed by atoms with van der Waals surface area (Å²) in [5.41, 5.74) is 1.08. The number of hydrogen-bond acceptors (Lipinski definition) is 5. The average molecular weight is 308 g/mol. The maximum Gasteiger partial charge on any atom is 0.355 e. The fourth-order valence-electron chi connectivity index (χ4n) is 1.61. The van der Waals surface area contributed by atoms with Crippen LogP contribution in [0, 0.1) is 11.3 Å². The van der Waals surface area contributed by atoms with Crippen molar-refractivity contribution in [2.75, 3.05) is 5.32 Å². The molecule has 1 aromatic carbocycles. The second-order valence-electron chi connectivity index (χ2n) is 4.04. The van der Waals surface area contributed by atoms with Gasteiger partial charge >= 0.3 is 5.97 Å². The molecule has 0 saturated heterocycles. The quantitative estimate of drug-likeness (QED) is 0.902. The number of benzene rings is 1. The van der Waals surface area contributed by atoms with Crippen LogP contribution in [-0.4, -0.2) is 16.1 Å². The molecule has 0 aliphatic rings. The maximum atomic E-state index is 10.8. The number of aromatic nitrogens is 1. The largest absolute Gasteiger partial charge is 0.476 e. The molecule has 2 N–H and O–H groups in total. The van der Waals surface area contributed by atoms with E-state index in [0.29, 0.717) is 21.3 Å². The highest BCUT2D eigenvalue weighted by Gasteiger charge is 2.15. The van der Waals surface area contributed by atoms with Crippen molar-refractivity contribution in [3.8, 4) is 6.07 Å². The van der Waals surface area contributed by atoms with Gasteiger partial charge in [0.05, 0.1) is 17.3 Å². The molecule has 1 heterocycles. The number of anilines is 1. The van der Waals surface area contributed by atoms with E-state index in [0.717, 1.165) is 0 Å². The first-order chi connectivity index (χ1) is 9.51. The van der Waals surface area contributed by atoms with Crippen LogP contribution < -0.4 is 5.32 Å². The standard InChI is InChI=1S/C13H10ClN3O2S/c1-7(12-17-11(6-20-12)13(18)19)16-10-4-9(14)3-2-8(10)5-15/h2-4,6-7,16H,1H3,(H,18,19). The van der Waals surface area contributed by atoms with Crippen molar-refractivity contribution < 1.29 is 9.90 Å². The Hall–Kier alpha value is -2.10. The van der Waals surface area contributed by atoms with Crippen LogP contribution in [0.25, 0.3) is 0 Å². The van der Waals surface area contributed by atoms with Gasteiger partial charge in [0.15, 0.2) is 5.69 Å². The van der Waals surface area contributed by atoms with Crippen molar-refractivity contribution in [1.82, 2.24) is 4.98 Å². The minimum atomic E-state index is -1.06. The molecule has 20 heavy (non-hydrogen) atoms. The predicted molar refractivity (Wildman–Crippen MR) is 77.3 cm³/mol. The summed E-state index contributed by atoms with van der Waals surface area (Å²) in [6.07, 6.45) is 0. The zero-order chi connectivity index (χ0) is 14.7. The van der Waals surface area contributed by atoms with Crippen molar-refractivity contribution in [2.45, 2.75) is 13.0 Å². The first kappa shape index (κ1) is 14.3. The van der Waals surface area contributed by atoms with Gasteiger partial charge in [0.2, 0.25) is 0 Å². The lowest BCUT2D eigenvalue weighted by Gasteiger charge is -2.14. The molecular weight excluding hydrogens is 298 g/mol. The van der Waals surface area contributed by atoms with Crippen LogP contribution in [0.5, 0.6) is 0 Å². The Bertz CT molecular complexity index is 693. The van der Waals surface area contributed by atoms with Gasteiger partial charge in [0.1, 0.15) is 11.1 Å². The fraction of sp³-hybridized carbons (Fsp3) is 0.154. The Kier molecular flexibility index (Phi) is 4.23. The summed E-state index contributed by atoms with van der Waals surface area (Å²) in [7, 11) is 0. The molecule has 0 spiro atoms. The Morgan fingerprint density at radius 3 is 2.95 bits per heavy atom. The van der Waals surface area contributed by atoms with Crippen molar-refractivity contribution in [2.24, 2.45) is 0 Å². The Labute approximate surface area is 124 Å². The number of aromatic carboxylic acids is 1. The van der Waals surface area contributed by atoms with Gasteiger partial charge in [-0.3, -0.25) is 0 Å². The van der Waals surface area contributed by atoms with E-state index >= 15 is 0 Å². The third-order valence-corrected chi connectivity index (χ3v) is 3.85. The summed E-state index contributed by atoms with van der Waals surface area (Å²) >= 11 is 7.16. The number of carboxylic acid groups (broad SMARTS) is 1. The maximum absolute atomic E-state index is 10.8. The number of rotatable bonds is 4. The second kappa shape index (κ2) is 5.90. The van der Waals surface area contributed by atoms with Crippen LogP contribution in [0.4, 0.5) is 5.69 Å². The summed E-state index contributed by atoms with van der Waals surface area (Å²) in [6, 6.07) is 6.77. The van der Waals surface area contributed by atoms with Gasteiger partial charge in [-0.05, 0) is 25.1 Å². The van der Waals surface area contributed by atoms with Gasteiger partial charge < -0.3 is 10.4 Å². The van der Waals surface area contributed by atoms with Crippen LogP contribution in [0.15, 0.2) is 23.6 Å². The zero-order valence-corrected chi connectivity index (χ0v) is 12.0. The molecule has 0 amide bonds. The monoisotopic (exact) mass is 307 g/mol. The van der Waals surface area contributed by atoms with Crippen LogP contribution in [0.2, 0.25) is 5.02 Å². The van der Waals surface area contributed by atoms with Crippen LogP contribution in [0.1, 0.15) is 34.0 Å². The minimum absolute atomic E-state index is 0.0188. The van der Waals surface area contributed by atoms with E-state index in [4.69, 9.17) is 22.0 Å². The molecule has 1 unspecified atom stereocenters. The molecule has 102 valence electrons. The van der Waals surface area contributed by atoms with Crippen molar-refractivity contribution >= 4 is 34.6 Å². The number of thiazole rings is 1. The molecule has 7 heteroatoms. The first-order valence-corrected chi connectivity index (χ1v) is 6.92. The summed E-state index contributed by atoms with van der Waals surface area (Å²) in [6.45, 7) is 1.84. The number of carbonyl (C=O) groups is 1. The van der Waals surface area contributed by atoms with Gasteiger partial charge in [-0.2, -0.15) is 5.26 Å². The van der Waals surface area contributed by atoms with Gasteiger partial charge in [0, 0.05) is 10.4 Å². The number of nitrogens with zero attached hydrogens (tertiary/aromatic N) is 2. The van der Waals surface area contributed by atoms with Crippen LogP contribution in [0.3, 0.4) is 0 Å². The Morgan fingerprint density at radius 1 is 1.60 bits per heavy atom. The molecule has 2 rings (SSSR count). The van der Waals surface area contributed by atoms with E-state index in [9.17, 15) is 4.79 Å². The molecule has 2 aromatic rings. The SMILES string of the molecule is CC(Nc1cc(Cl)ccc1C#N)c1nc(C(=O)O)cs1. The molecule has 5 nitrogen and oxygen atoms in total. The zero-order valence-electron chi connectivity index (χ0n) is 10.4. The van der Waals surface area contributed by atoms with Gasteiger partial charge in [-0.25, -0.2) is 9.78 Å². The lowest BCUT2D eigenvalue weighted by atomic mass is 10.2. The third-order valence-electron chi connectivity index (χ3n) is 2.59. The minimum Gasteiger partial charge on any atom is -0.476 e. The van der Waals surface area contributed by atoms with Crippen LogP contribution in [-0.2, 0) is 0 Å². The van der Waals surface area contributed by atoms with E-state index in [1.165, 1.54) is 16.7 Å². The smallest absolute Gasteiger partial charge is 0.355 e. The predicted octanol–water partition coefficient (Wildman–Crippen LogP) is 3.54. The molecule has 0 aliphatic carbocycles. The Balaban J connectivity index is 2.23. The van der Waals surface area contributed by atoms with E-state index in [-0.39, 0.29) is 11.7 Å². The van der Waals surface area contributed by atoms with E-state index < -0.39 is 5.97 Å². The summed E-state index contributed by atoms with van der Waals surface area (Å²) < 4.78 is 0. The van der Waals surface area contributed by atoms with Gasteiger partial charge in [0.25, 0.3) is 0 Å². The summed E-state index contributed by atoms with van der Waals surface area (Å²) in [4.78, 5) is 14.8. The molecule has 1 atom stereocenters. The molecule has 1 aromatic heterocycles. The normalized spacial score (nSPS) is 11.7. The summed E-state index contributed by atoms with van der Waals surface area (Å²) in [5, 5.41) is 23.6. The molecule has 0 radical (unpaired) electrons. The van der Waals surface area contributed by atoms with Gasteiger partial charge in [-0.15, -0.1) is 11.3 Å². The highest BCUT2D eigenvalue weighted by atomic mass is 35.5. The van der Waals surface area contributed by atoms with Crippen molar-refractivity contribution in [1.29, 1.82) is 5.26 Å². The van der Waals surface area contributed by atoms with E-state index in [1.54, 1.807) is 18.2 Å². The molecule has 0 fully saturated rings. The number of nitriles is 1. The first-order valence-electron chi connectivity index (χ1n) is 5.66. The van der Waals surface area contributed by atoms with E-state index in [2.05, 4.69) is 16.4 Å². The summed E-state index contributed by atoms with van der Waals surface area (Å²) in [5.74, 6) is -1.06. The topological polar surface area (TPSA) is 86.0 Å². The molecule has 0 aliphatic heterocycles. The lowest BCUT2D eigenvalue weighted by Crippen LogP contribution is -2.08. The second-order valence-corrected chi connectivity index (χ2v) is 5.37. The molecule has 0 saturated carbocycles. The fourth-order valence-corrected chi connectivity index (χ4v) is 2.59. The molecular formula is C13H10ClN3O2S. The third kappa shape index (κ3) is 3.07. The number of hydrogen-bond donors (Lipinski definition) is 2. The molecule has 0 bridgehead atoms. The van der Waals surface area contributed by atoms with Crippen molar-refractivity contribution in [3.05, 3.63) is 44.9 Å². The lowest BCUT2D eigenvalue weighted by molar-refractivity contribution is 0.0691. The number of carboxylic acids is 1. The Morgan fingerprint density at radius 2 is 2.35 bits per heavy atom. The van der Waals surface area contributed by atoms with E-state index in [1.807, 2.05) is 6.92 Å². The highest BCUT2D eigenvalue weighted by Crippen LogP contribution is 2.26. The van der Waals surface area contributed by atoms with Gasteiger partial charge in [-0.1, -0.05) is 11.6 Å². The average Bonchev–Trinajstić information content (AvgIpc) is 2.89. The van der Waals surface area contributed by atoms with Crippen LogP contribution >= 0.6 is 22.9 Å². The van der Waals surface area contributed by atoms with Crippen molar-refractivity contribution in [3.63, 3.8) is 0 Å². The number of halogens is 1. The highest BCUT2D eigenvalue weighted by molar-refractivity contribution is 7.09. The number of nitrogens with one attached hydrogen (secondary N) is 1.